The van der Waals surface area contributed by atoms with Crippen molar-refractivity contribution >= 4 is 0 Å². The Balaban J connectivity index is 1.78. The third-order valence-corrected chi connectivity index (χ3v) is 3.84. The number of likely N-dealkylation sites (N-methyl/N-ethyl adjacent to an activating group) is 1. The first-order chi connectivity index (χ1) is 6.81. The standard InChI is InChI=1S/C12H23NO/c1-2-13(11-5-3-4-6-11)9-12(14)10-7-8-10/h10-12,14H,2-9H2,1H3. The van der Waals surface area contributed by atoms with Gasteiger partial charge in [0.05, 0.1) is 6.10 Å². The maximum atomic E-state index is 9.91. The number of hydrogen-bond acceptors (Lipinski definition) is 2. The predicted octanol–water partition coefficient (Wildman–Crippen LogP) is 2.02. The predicted molar refractivity (Wildman–Crippen MR) is 58.2 cm³/mol. The van der Waals surface area contributed by atoms with Crippen LogP contribution in [0, 0.1) is 5.92 Å². The second-order valence-corrected chi connectivity index (χ2v) is 4.93. The maximum Gasteiger partial charge on any atom is 0.0695 e. The zero-order valence-electron chi connectivity index (χ0n) is 9.28. The van der Waals surface area contributed by atoms with Gasteiger partial charge in [-0.15, -0.1) is 0 Å². The van der Waals surface area contributed by atoms with Crippen LogP contribution in [-0.4, -0.2) is 35.2 Å². The van der Waals surface area contributed by atoms with Crippen LogP contribution >= 0.6 is 0 Å². The first-order valence-corrected chi connectivity index (χ1v) is 6.23. The molecule has 0 aliphatic heterocycles. The van der Waals surface area contributed by atoms with E-state index in [0.717, 1.165) is 19.1 Å². The summed E-state index contributed by atoms with van der Waals surface area (Å²) in [6, 6.07) is 0.772. The summed E-state index contributed by atoms with van der Waals surface area (Å²) in [4.78, 5) is 2.50. The van der Waals surface area contributed by atoms with Crippen LogP contribution in [0.1, 0.15) is 45.4 Å². The topological polar surface area (TPSA) is 23.5 Å². The van der Waals surface area contributed by atoms with Gasteiger partial charge in [-0.25, -0.2) is 0 Å². The van der Waals surface area contributed by atoms with Gasteiger partial charge in [-0.2, -0.15) is 0 Å². The molecule has 82 valence electrons. The van der Waals surface area contributed by atoms with E-state index in [9.17, 15) is 5.11 Å². The summed E-state index contributed by atoms with van der Waals surface area (Å²) in [7, 11) is 0. The number of rotatable bonds is 5. The Bertz CT molecular complexity index is 173. The van der Waals surface area contributed by atoms with Gasteiger partial charge in [0.1, 0.15) is 0 Å². The van der Waals surface area contributed by atoms with E-state index in [1.165, 1.54) is 38.5 Å². The van der Waals surface area contributed by atoms with Crippen LogP contribution in [0.3, 0.4) is 0 Å². The molecule has 2 heteroatoms. The lowest BCUT2D eigenvalue weighted by molar-refractivity contribution is 0.0768. The van der Waals surface area contributed by atoms with Crippen LogP contribution in [0.4, 0.5) is 0 Å². The summed E-state index contributed by atoms with van der Waals surface area (Å²) in [6.07, 6.45) is 7.94. The van der Waals surface area contributed by atoms with Crippen molar-refractivity contribution in [2.75, 3.05) is 13.1 Å². The molecule has 0 aromatic carbocycles. The van der Waals surface area contributed by atoms with Crippen LogP contribution in [0.2, 0.25) is 0 Å². The summed E-state index contributed by atoms with van der Waals surface area (Å²) >= 11 is 0. The van der Waals surface area contributed by atoms with Gasteiger partial charge in [-0.1, -0.05) is 19.8 Å². The largest absolute Gasteiger partial charge is 0.392 e. The Labute approximate surface area is 87.3 Å². The molecule has 1 N–H and O–H groups in total. The van der Waals surface area contributed by atoms with E-state index in [1.54, 1.807) is 0 Å². The minimum Gasteiger partial charge on any atom is -0.392 e. The molecule has 2 nitrogen and oxygen atoms in total. The SMILES string of the molecule is CCN(CC(O)C1CC1)C1CCCC1. The van der Waals surface area contributed by atoms with Gasteiger partial charge in [0.25, 0.3) is 0 Å². The molecule has 2 saturated carbocycles. The van der Waals surface area contributed by atoms with Crippen LogP contribution in [0.25, 0.3) is 0 Å². The molecule has 0 radical (unpaired) electrons. The Morgan fingerprint density at radius 2 is 1.86 bits per heavy atom. The zero-order chi connectivity index (χ0) is 9.97. The fraction of sp³-hybridized carbons (Fsp3) is 1.00. The average Bonchev–Trinajstić information content (AvgIpc) is 2.91. The summed E-state index contributed by atoms with van der Waals surface area (Å²) in [5.74, 6) is 0.630. The van der Waals surface area contributed by atoms with E-state index in [-0.39, 0.29) is 6.10 Å². The molecule has 2 aliphatic carbocycles. The summed E-state index contributed by atoms with van der Waals surface area (Å²) in [5.41, 5.74) is 0. The molecule has 2 fully saturated rings. The second-order valence-electron chi connectivity index (χ2n) is 4.93. The van der Waals surface area contributed by atoms with Crippen molar-refractivity contribution in [3.05, 3.63) is 0 Å². The van der Waals surface area contributed by atoms with E-state index in [4.69, 9.17) is 0 Å². The molecule has 2 aliphatic rings. The van der Waals surface area contributed by atoms with E-state index < -0.39 is 0 Å². The Kier molecular flexibility index (Phi) is 3.45. The van der Waals surface area contributed by atoms with Crippen molar-refractivity contribution in [3.8, 4) is 0 Å². The number of aliphatic hydroxyl groups is 1. The number of aliphatic hydroxyl groups excluding tert-OH is 1. The molecule has 0 aromatic rings. The van der Waals surface area contributed by atoms with Crippen molar-refractivity contribution in [1.29, 1.82) is 0 Å². The summed E-state index contributed by atoms with van der Waals surface area (Å²) in [5, 5.41) is 9.91. The van der Waals surface area contributed by atoms with Crippen LogP contribution in [0.15, 0.2) is 0 Å². The lowest BCUT2D eigenvalue weighted by Gasteiger charge is -2.29. The fourth-order valence-corrected chi connectivity index (χ4v) is 2.68. The molecule has 14 heavy (non-hydrogen) atoms. The van der Waals surface area contributed by atoms with Crippen molar-refractivity contribution in [3.63, 3.8) is 0 Å². The summed E-state index contributed by atoms with van der Waals surface area (Å²) in [6.45, 7) is 4.25. The minimum atomic E-state index is -0.0458. The van der Waals surface area contributed by atoms with Gasteiger partial charge in [-0.3, -0.25) is 4.90 Å². The second kappa shape index (κ2) is 4.63. The normalized spacial score (nSPS) is 25.9. The van der Waals surface area contributed by atoms with E-state index in [0.29, 0.717) is 5.92 Å². The molecular formula is C12H23NO. The molecule has 1 atom stereocenters. The maximum absolute atomic E-state index is 9.91. The highest BCUT2D eigenvalue weighted by molar-refractivity contribution is 4.85. The van der Waals surface area contributed by atoms with Crippen molar-refractivity contribution in [1.82, 2.24) is 4.90 Å². The highest BCUT2D eigenvalue weighted by Crippen LogP contribution is 2.33. The molecule has 0 amide bonds. The van der Waals surface area contributed by atoms with E-state index in [2.05, 4.69) is 11.8 Å². The molecule has 0 bridgehead atoms. The van der Waals surface area contributed by atoms with E-state index >= 15 is 0 Å². The molecule has 0 spiro atoms. The lowest BCUT2D eigenvalue weighted by Crippen LogP contribution is -2.39. The average molecular weight is 197 g/mol. The van der Waals surface area contributed by atoms with Crippen molar-refractivity contribution in [2.45, 2.75) is 57.6 Å². The highest BCUT2D eigenvalue weighted by atomic mass is 16.3. The highest BCUT2D eigenvalue weighted by Gasteiger charge is 2.32. The van der Waals surface area contributed by atoms with Crippen molar-refractivity contribution in [2.24, 2.45) is 5.92 Å². The Hall–Kier alpha value is -0.0800. The fourth-order valence-electron chi connectivity index (χ4n) is 2.68. The van der Waals surface area contributed by atoms with Gasteiger partial charge in [0, 0.05) is 12.6 Å². The van der Waals surface area contributed by atoms with Gasteiger partial charge in [0.2, 0.25) is 0 Å². The Morgan fingerprint density at radius 1 is 1.21 bits per heavy atom. The molecule has 0 aromatic heterocycles. The number of hydrogen-bond donors (Lipinski definition) is 1. The molecule has 0 heterocycles. The molecule has 0 saturated heterocycles. The monoisotopic (exact) mass is 197 g/mol. The minimum absolute atomic E-state index is 0.0458. The van der Waals surface area contributed by atoms with E-state index in [1.807, 2.05) is 0 Å². The van der Waals surface area contributed by atoms with Gasteiger partial charge in [-0.05, 0) is 38.1 Å². The van der Waals surface area contributed by atoms with Crippen molar-refractivity contribution < 1.29 is 5.11 Å². The Morgan fingerprint density at radius 3 is 2.36 bits per heavy atom. The first kappa shape index (κ1) is 10.4. The molecular weight excluding hydrogens is 174 g/mol. The molecule has 1 unspecified atom stereocenters. The van der Waals surface area contributed by atoms with Gasteiger partial charge < -0.3 is 5.11 Å². The van der Waals surface area contributed by atoms with Crippen LogP contribution in [-0.2, 0) is 0 Å². The van der Waals surface area contributed by atoms with Gasteiger partial charge in [0.15, 0.2) is 0 Å². The zero-order valence-corrected chi connectivity index (χ0v) is 9.28. The third kappa shape index (κ3) is 2.48. The number of nitrogens with zero attached hydrogens (tertiary/aromatic N) is 1. The lowest BCUT2D eigenvalue weighted by atomic mass is 10.1. The first-order valence-electron chi connectivity index (χ1n) is 6.23. The molecule has 2 rings (SSSR count). The quantitative estimate of drug-likeness (QED) is 0.729. The van der Waals surface area contributed by atoms with Crippen LogP contribution < -0.4 is 0 Å². The van der Waals surface area contributed by atoms with Crippen LogP contribution in [0.5, 0.6) is 0 Å². The smallest absolute Gasteiger partial charge is 0.0695 e. The summed E-state index contributed by atoms with van der Waals surface area (Å²) < 4.78 is 0. The third-order valence-electron chi connectivity index (χ3n) is 3.84. The van der Waals surface area contributed by atoms with Gasteiger partial charge >= 0.3 is 0 Å².